The predicted molar refractivity (Wildman–Crippen MR) is 85.3 cm³/mol. The second-order valence-electron chi connectivity index (χ2n) is 6.87. The van der Waals surface area contributed by atoms with Gasteiger partial charge in [-0.15, -0.1) is 0 Å². The van der Waals surface area contributed by atoms with Gasteiger partial charge in [0.05, 0.1) is 11.5 Å². The zero-order chi connectivity index (χ0) is 14.7. The minimum atomic E-state index is -2.75. The fraction of sp³-hybridized carbons (Fsp3) is 1.00. The van der Waals surface area contributed by atoms with Crippen molar-refractivity contribution in [2.24, 2.45) is 0 Å². The Hall–Kier alpha value is -0.170. The largest absolute Gasteiger partial charge is 0.312 e. The minimum Gasteiger partial charge on any atom is -0.312 e. The quantitative estimate of drug-likeness (QED) is 0.792. The lowest BCUT2D eigenvalue weighted by atomic mass is 10.2. The smallest absolute Gasteiger partial charge is 0.151 e. The lowest BCUT2D eigenvalue weighted by Gasteiger charge is -2.38. The number of piperazine rings is 1. The highest BCUT2D eigenvalue weighted by atomic mass is 32.2. The molecule has 1 aliphatic carbocycles. The SMILES string of the molecule is O=S1(=O)CCC(NCCN2CCN(C3CCCC3)CC2)C1. The Balaban J connectivity index is 1.31. The third-order valence-corrected chi connectivity index (χ3v) is 7.11. The number of rotatable bonds is 5. The monoisotopic (exact) mass is 315 g/mol. The molecule has 3 rings (SSSR count). The zero-order valence-corrected chi connectivity index (χ0v) is 13.8. The highest BCUT2D eigenvalue weighted by Crippen LogP contribution is 2.24. The van der Waals surface area contributed by atoms with E-state index in [1.165, 1.54) is 51.9 Å². The van der Waals surface area contributed by atoms with Gasteiger partial charge in [0, 0.05) is 51.4 Å². The number of hydrogen-bond donors (Lipinski definition) is 1. The standard InChI is InChI=1S/C15H29N3O2S/c19-21(20)12-5-14(13-21)16-6-7-17-8-10-18(11-9-17)15-3-1-2-4-15/h14-16H,1-13H2. The molecule has 0 aromatic rings. The summed E-state index contributed by atoms with van der Waals surface area (Å²) >= 11 is 0. The molecule has 2 saturated heterocycles. The average Bonchev–Trinajstić information content (AvgIpc) is 3.09. The molecule has 2 aliphatic heterocycles. The molecule has 1 N–H and O–H groups in total. The van der Waals surface area contributed by atoms with E-state index in [-0.39, 0.29) is 6.04 Å². The molecule has 0 radical (unpaired) electrons. The lowest BCUT2D eigenvalue weighted by molar-refractivity contribution is 0.0980. The molecular weight excluding hydrogens is 286 g/mol. The molecular formula is C15H29N3O2S. The van der Waals surface area contributed by atoms with E-state index < -0.39 is 9.84 Å². The molecule has 0 aromatic heterocycles. The Labute approximate surface area is 129 Å². The fourth-order valence-electron chi connectivity index (χ4n) is 4.00. The Kier molecular flexibility index (Phi) is 5.19. The van der Waals surface area contributed by atoms with Crippen LogP contribution in [0, 0.1) is 0 Å². The number of nitrogens with zero attached hydrogens (tertiary/aromatic N) is 2. The van der Waals surface area contributed by atoms with Crippen LogP contribution in [0.4, 0.5) is 0 Å². The van der Waals surface area contributed by atoms with Crippen LogP contribution in [0.1, 0.15) is 32.1 Å². The van der Waals surface area contributed by atoms with Gasteiger partial charge >= 0.3 is 0 Å². The number of sulfone groups is 1. The lowest BCUT2D eigenvalue weighted by Crippen LogP contribution is -2.51. The molecule has 21 heavy (non-hydrogen) atoms. The molecule has 0 amide bonds. The molecule has 3 aliphatic rings. The van der Waals surface area contributed by atoms with Crippen LogP contribution in [0.2, 0.25) is 0 Å². The minimum absolute atomic E-state index is 0.190. The summed E-state index contributed by atoms with van der Waals surface area (Å²) in [4.78, 5) is 5.20. The van der Waals surface area contributed by atoms with E-state index in [0.717, 1.165) is 25.6 Å². The number of nitrogens with one attached hydrogen (secondary N) is 1. The normalized spacial score (nSPS) is 31.9. The summed E-state index contributed by atoms with van der Waals surface area (Å²) in [6, 6.07) is 1.05. The molecule has 122 valence electrons. The van der Waals surface area contributed by atoms with Crippen LogP contribution in [-0.2, 0) is 9.84 Å². The second-order valence-corrected chi connectivity index (χ2v) is 9.10. The van der Waals surface area contributed by atoms with Gasteiger partial charge in [0.15, 0.2) is 9.84 Å². The van der Waals surface area contributed by atoms with Crippen LogP contribution >= 0.6 is 0 Å². The van der Waals surface area contributed by atoms with Gasteiger partial charge in [-0.25, -0.2) is 8.42 Å². The predicted octanol–water partition coefficient (Wildman–Crippen LogP) is 0.323. The third-order valence-electron chi connectivity index (χ3n) is 5.34. The molecule has 0 spiro atoms. The van der Waals surface area contributed by atoms with E-state index in [1.54, 1.807) is 0 Å². The summed E-state index contributed by atoms with van der Waals surface area (Å²) in [5.41, 5.74) is 0. The summed E-state index contributed by atoms with van der Waals surface area (Å²) in [6.07, 6.45) is 6.42. The van der Waals surface area contributed by atoms with Crippen LogP contribution in [0.3, 0.4) is 0 Å². The Morgan fingerprint density at radius 2 is 1.71 bits per heavy atom. The van der Waals surface area contributed by atoms with Gasteiger partial charge in [-0.3, -0.25) is 9.80 Å². The van der Waals surface area contributed by atoms with Crippen molar-refractivity contribution in [2.75, 3.05) is 50.8 Å². The highest BCUT2D eigenvalue weighted by molar-refractivity contribution is 7.91. The van der Waals surface area contributed by atoms with Gasteiger partial charge in [-0.1, -0.05) is 12.8 Å². The van der Waals surface area contributed by atoms with E-state index in [1.807, 2.05) is 0 Å². The van der Waals surface area contributed by atoms with Gasteiger partial charge in [0.25, 0.3) is 0 Å². The van der Waals surface area contributed by atoms with Crippen LogP contribution in [0.5, 0.6) is 0 Å². The second kappa shape index (κ2) is 6.94. The summed E-state index contributed by atoms with van der Waals surface area (Å²) in [5, 5.41) is 3.42. The first-order valence-corrected chi connectivity index (χ1v) is 10.3. The maximum Gasteiger partial charge on any atom is 0.151 e. The van der Waals surface area contributed by atoms with Crippen LogP contribution < -0.4 is 5.32 Å². The molecule has 2 heterocycles. The van der Waals surface area contributed by atoms with E-state index >= 15 is 0 Å². The van der Waals surface area contributed by atoms with Crippen molar-refractivity contribution >= 4 is 9.84 Å². The van der Waals surface area contributed by atoms with Crippen molar-refractivity contribution < 1.29 is 8.42 Å². The summed E-state index contributed by atoms with van der Waals surface area (Å²) in [6.45, 7) is 6.73. The molecule has 6 heteroatoms. The van der Waals surface area contributed by atoms with Crippen LogP contribution in [0.15, 0.2) is 0 Å². The Morgan fingerprint density at radius 3 is 2.33 bits per heavy atom. The molecule has 5 nitrogen and oxygen atoms in total. The van der Waals surface area contributed by atoms with E-state index in [2.05, 4.69) is 15.1 Å². The summed E-state index contributed by atoms with van der Waals surface area (Å²) < 4.78 is 22.8. The fourth-order valence-corrected chi connectivity index (χ4v) is 5.71. The average molecular weight is 315 g/mol. The van der Waals surface area contributed by atoms with Crippen molar-refractivity contribution in [3.63, 3.8) is 0 Å². The van der Waals surface area contributed by atoms with Crippen LogP contribution in [-0.4, -0.2) is 81.1 Å². The molecule has 3 fully saturated rings. The van der Waals surface area contributed by atoms with Gasteiger partial charge < -0.3 is 5.32 Å². The maximum absolute atomic E-state index is 11.4. The molecule has 0 bridgehead atoms. The van der Waals surface area contributed by atoms with Gasteiger partial charge in [0.1, 0.15) is 0 Å². The summed E-state index contributed by atoms with van der Waals surface area (Å²) in [5.74, 6) is 0.702. The topological polar surface area (TPSA) is 52.7 Å². The van der Waals surface area contributed by atoms with E-state index in [0.29, 0.717) is 11.5 Å². The first-order chi connectivity index (χ1) is 10.1. The number of hydrogen-bond acceptors (Lipinski definition) is 5. The van der Waals surface area contributed by atoms with Crippen molar-refractivity contribution in [2.45, 2.75) is 44.2 Å². The highest BCUT2D eigenvalue weighted by Gasteiger charge is 2.28. The van der Waals surface area contributed by atoms with Crippen molar-refractivity contribution in [3.05, 3.63) is 0 Å². The van der Waals surface area contributed by atoms with Crippen LogP contribution in [0.25, 0.3) is 0 Å². The molecule has 1 unspecified atom stereocenters. The molecule has 1 saturated carbocycles. The van der Waals surface area contributed by atoms with Crippen molar-refractivity contribution in [3.8, 4) is 0 Å². The molecule has 0 aromatic carbocycles. The Morgan fingerprint density at radius 1 is 1.00 bits per heavy atom. The summed E-state index contributed by atoms with van der Waals surface area (Å²) in [7, 11) is -2.75. The maximum atomic E-state index is 11.4. The van der Waals surface area contributed by atoms with Gasteiger partial charge in [-0.2, -0.15) is 0 Å². The van der Waals surface area contributed by atoms with Crippen molar-refractivity contribution in [1.29, 1.82) is 0 Å². The van der Waals surface area contributed by atoms with Gasteiger partial charge in [0.2, 0.25) is 0 Å². The van der Waals surface area contributed by atoms with E-state index in [4.69, 9.17) is 0 Å². The van der Waals surface area contributed by atoms with Gasteiger partial charge in [-0.05, 0) is 19.3 Å². The zero-order valence-electron chi connectivity index (χ0n) is 13.0. The first kappa shape index (κ1) is 15.7. The molecule has 1 atom stereocenters. The Bertz CT molecular complexity index is 426. The third kappa shape index (κ3) is 4.41. The van der Waals surface area contributed by atoms with E-state index in [9.17, 15) is 8.42 Å². The van der Waals surface area contributed by atoms with Crippen molar-refractivity contribution in [1.82, 2.24) is 15.1 Å². The first-order valence-electron chi connectivity index (χ1n) is 8.53.